The number of thioether (sulfide) groups is 1. The van der Waals surface area contributed by atoms with Crippen LogP contribution in [0.3, 0.4) is 0 Å². The van der Waals surface area contributed by atoms with Gasteiger partial charge >= 0.3 is 5.97 Å². The molecular weight excluding hydrogens is 414 g/mol. The van der Waals surface area contributed by atoms with Gasteiger partial charge in [0.15, 0.2) is 18.7 Å². The van der Waals surface area contributed by atoms with Crippen LogP contribution in [0, 0.1) is 0 Å². The van der Waals surface area contributed by atoms with Gasteiger partial charge in [0.2, 0.25) is 0 Å². The summed E-state index contributed by atoms with van der Waals surface area (Å²) in [4.78, 5) is 36.2. The van der Waals surface area contributed by atoms with Crippen molar-refractivity contribution < 1.29 is 23.5 Å². The number of carbonyl (C=O) groups excluding carboxylic acids is 3. The summed E-state index contributed by atoms with van der Waals surface area (Å²) >= 11 is 7.65. The van der Waals surface area contributed by atoms with E-state index >= 15 is 0 Å². The van der Waals surface area contributed by atoms with E-state index in [0.717, 1.165) is 4.90 Å². The van der Waals surface area contributed by atoms with Gasteiger partial charge in [-0.05, 0) is 54.8 Å². The molecule has 8 heteroatoms. The topological polar surface area (TPSA) is 85.6 Å². The molecule has 3 aromatic rings. The van der Waals surface area contributed by atoms with Crippen LogP contribution >= 0.6 is 23.4 Å². The van der Waals surface area contributed by atoms with Crippen molar-refractivity contribution in [1.82, 2.24) is 0 Å². The van der Waals surface area contributed by atoms with Gasteiger partial charge in [-0.3, -0.25) is 9.59 Å². The highest BCUT2D eigenvalue weighted by Gasteiger charge is 2.16. The third kappa shape index (κ3) is 5.28. The van der Waals surface area contributed by atoms with Crippen molar-refractivity contribution >= 4 is 47.2 Å². The molecule has 1 N–H and O–H groups in total. The summed E-state index contributed by atoms with van der Waals surface area (Å²) in [5, 5.41) is 2.85. The highest BCUT2D eigenvalue weighted by Crippen LogP contribution is 2.27. The Bertz CT molecular complexity index is 1060. The van der Waals surface area contributed by atoms with Crippen LogP contribution in [0.1, 0.15) is 20.9 Å². The van der Waals surface area contributed by atoms with E-state index in [1.165, 1.54) is 18.2 Å². The van der Waals surface area contributed by atoms with E-state index in [-0.39, 0.29) is 16.3 Å². The maximum atomic E-state index is 12.4. The Morgan fingerprint density at radius 3 is 2.72 bits per heavy atom. The van der Waals surface area contributed by atoms with Crippen LogP contribution in [0.4, 0.5) is 5.69 Å². The number of halogens is 1. The van der Waals surface area contributed by atoms with Gasteiger partial charge in [-0.15, -0.1) is 11.8 Å². The van der Waals surface area contributed by atoms with Crippen molar-refractivity contribution in [2.24, 2.45) is 0 Å². The fraction of sp³-hybridized carbons (Fsp3) is 0.0952. The molecule has 1 aromatic heterocycles. The molecule has 1 heterocycles. The Morgan fingerprint density at radius 1 is 1.17 bits per heavy atom. The number of amides is 1. The summed E-state index contributed by atoms with van der Waals surface area (Å²) in [6.45, 7) is -0.459. The first-order valence-corrected chi connectivity index (χ1v) is 10.1. The van der Waals surface area contributed by atoms with E-state index in [1.807, 2.05) is 24.5 Å². The average Bonchev–Trinajstić information content (AvgIpc) is 3.22. The molecule has 2 aromatic carbocycles. The Morgan fingerprint density at radius 2 is 2.00 bits per heavy atom. The number of anilines is 1. The number of hydrogen-bond donors (Lipinski definition) is 1. The van der Waals surface area contributed by atoms with E-state index in [0.29, 0.717) is 23.3 Å². The van der Waals surface area contributed by atoms with Crippen molar-refractivity contribution in [3.8, 4) is 11.3 Å². The van der Waals surface area contributed by atoms with Gasteiger partial charge in [-0.25, -0.2) is 4.79 Å². The minimum Gasteiger partial charge on any atom is -0.453 e. The Balaban J connectivity index is 1.66. The molecule has 0 bridgehead atoms. The lowest BCUT2D eigenvalue weighted by atomic mass is 10.1. The molecular formula is C21H16ClNO5S. The molecule has 0 radical (unpaired) electrons. The lowest BCUT2D eigenvalue weighted by Crippen LogP contribution is -2.21. The Hall–Kier alpha value is -3.03. The third-order valence-electron chi connectivity index (χ3n) is 3.90. The maximum absolute atomic E-state index is 12.4. The Labute approximate surface area is 176 Å². The largest absolute Gasteiger partial charge is 0.453 e. The Kier molecular flexibility index (Phi) is 6.74. The maximum Gasteiger partial charge on any atom is 0.340 e. The number of nitrogens with one attached hydrogen (secondary N) is 1. The first kappa shape index (κ1) is 20.7. The number of benzene rings is 2. The summed E-state index contributed by atoms with van der Waals surface area (Å²) in [6.07, 6.45) is 2.52. The zero-order valence-electron chi connectivity index (χ0n) is 15.3. The van der Waals surface area contributed by atoms with Gasteiger partial charge in [-0.1, -0.05) is 17.7 Å². The van der Waals surface area contributed by atoms with Crippen molar-refractivity contribution in [3.63, 3.8) is 0 Å². The predicted octanol–water partition coefficient (Wildman–Crippen LogP) is 4.93. The summed E-state index contributed by atoms with van der Waals surface area (Å²) in [5.74, 6) is -0.636. The summed E-state index contributed by atoms with van der Waals surface area (Å²) in [7, 11) is 0. The standard InChI is InChI=1S/C21H16ClNO5S/c1-29-16-4-2-3-14(10-16)23-20(25)12-27-21(26)17-9-13(5-7-18(17)22)19-8-6-15(11-24)28-19/h2-11H,12H2,1H3,(H,23,25). The molecule has 0 atom stereocenters. The molecule has 148 valence electrons. The number of furan rings is 1. The smallest absolute Gasteiger partial charge is 0.340 e. The quantitative estimate of drug-likeness (QED) is 0.325. The van der Waals surface area contributed by atoms with Gasteiger partial charge in [0, 0.05) is 16.1 Å². The molecule has 0 spiro atoms. The van der Waals surface area contributed by atoms with Crippen molar-refractivity contribution in [1.29, 1.82) is 0 Å². The molecule has 0 aliphatic heterocycles. The van der Waals surface area contributed by atoms with Crippen LogP contribution in [0.5, 0.6) is 0 Å². The van der Waals surface area contributed by atoms with E-state index in [4.69, 9.17) is 20.8 Å². The summed E-state index contributed by atoms with van der Waals surface area (Å²) in [5.41, 5.74) is 1.25. The molecule has 6 nitrogen and oxygen atoms in total. The van der Waals surface area contributed by atoms with Gasteiger partial charge in [-0.2, -0.15) is 0 Å². The monoisotopic (exact) mass is 429 g/mol. The first-order valence-electron chi connectivity index (χ1n) is 8.46. The van der Waals surface area contributed by atoms with E-state index in [2.05, 4.69) is 5.32 Å². The molecule has 0 saturated heterocycles. The number of hydrogen-bond acceptors (Lipinski definition) is 6. The van der Waals surface area contributed by atoms with Gasteiger partial charge in [0.25, 0.3) is 5.91 Å². The van der Waals surface area contributed by atoms with Crippen LogP contribution in [-0.2, 0) is 9.53 Å². The fourth-order valence-electron chi connectivity index (χ4n) is 2.51. The van der Waals surface area contributed by atoms with Crippen LogP contribution in [0.2, 0.25) is 5.02 Å². The summed E-state index contributed by atoms with van der Waals surface area (Å²) in [6, 6.07) is 15.1. The van der Waals surface area contributed by atoms with Crippen LogP contribution in [0.15, 0.2) is 63.9 Å². The van der Waals surface area contributed by atoms with Gasteiger partial charge < -0.3 is 14.5 Å². The summed E-state index contributed by atoms with van der Waals surface area (Å²) < 4.78 is 10.4. The van der Waals surface area contributed by atoms with Gasteiger partial charge in [0.05, 0.1) is 10.6 Å². The second kappa shape index (κ2) is 9.45. The number of rotatable bonds is 7. The van der Waals surface area contributed by atoms with Crippen LogP contribution < -0.4 is 5.32 Å². The molecule has 29 heavy (non-hydrogen) atoms. The lowest BCUT2D eigenvalue weighted by molar-refractivity contribution is -0.119. The number of aldehydes is 1. The minimum atomic E-state index is -0.743. The van der Waals surface area contributed by atoms with Crippen LogP contribution in [0.25, 0.3) is 11.3 Å². The first-order chi connectivity index (χ1) is 14.0. The highest BCUT2D eigenvalue weighted by atomic mass is 35.5. The molecule has 0 saturated carbocycles. The normalized spacial score (nSPS) is 10.4. The SMILES string of the molecule is CSc1cccc(NC(=O)COC(=O)c2cc(-c3ccc(C=O)o3)ccc2Cl)c1. The minimum absolute atomic E-state index is 0.0883. The highest BCUT2D eigenvalue weighted by molar-refractivity contribution is 7.98. The predicted molar refractivity (Wildman–Crippen MR) is 112 cm³/mol. The zero-order valence-corrected chi connectivity index (χ0v) is 16.9. The third-order valence-corrected chi connectivity index (χ3v) is 4.96. The van der Waals surface area contributed by atoms with Crippen molar-refractivity contribution in [2.75, 3.05) is 18.2 Å². The molecule has 0 unspecified atom stereocenters. The molecule has 1 amide bonds. The zero-order chi connectivity index (χ0) is 20.8. The van der Waals surface area contributed by atoms with E-state index < -0.39 is 18.5 Å². The molecule has 3 rings (SSSR count). The number of ether oxygens (including phenoxy) is 1. The molecule has 0 aliphatic carbocycles. The second-order valence-corrected chi connectivity index (χ2v) is 7.16. The van der Waals surface area contributed by atoms with Crippen molar-refractivity contribution in [2.45, 2.75) is 4.90 Å². The van der Waals surface area contributed by atoms with E-state index in [1.54, 1.807) is 30.0 Å². The second-order valence-electron chi connectivity index (χ2n) is 5.87. The molecule has 0 aliphatic rings. The van der Waals surface area contributed by atoms with Crippen molar-refractivity contribution in [3.05, 3.63) is 70.9 Å². The fourth-order valence-corrected chi connectivity index (χ4v) is 3.17. The number of carbonyl (C=O) groups is 3. The van der Waals surface area contributed by atoms with Gasteiger partial charge in [0.1, 0.15) is 5.76 Å². The van der Waals surface area contributed by atoms with Crippen LogP contribution in [-0.4, -0.2) is 31.0 Å². The molecule has 0 fully saturated rings. The van der Waals surface area contributed by atoms with E-state index in [9.17, 15) is 14.4 Å². The number of esters is 1. The average molecular weight is 430 g/mol. The lowest BCUT2D eigenvalue weighted by Gasteiger charge is -2.09.